The lowest BCUT2D eigenvalue weighted by Crippen LogP contribution is -2.55. The fourth-order valence-electron chi connectivity index (χ4n) is 5.82. The number of fused-ring (bicyclic) bond motifs is 1. The highest BCUT2D eigenvalue weighted by Crippen LogP contribution is 2.40. The third kappa shape index (κ3) is 3.70. The molecule has 9 unspecified atom stereocenters. The monoisotopic (exact) mass is 385 g/mol. The van der Waals surface area contributed by atoms with Crippen LogP contribution in [0, 0.1) is 17.8 Å². The summed E-state index contributed by atoms with van der Waals surface area (Å²) in [6.07, 6.45) is 8.43. The lowest BCUT2D eigenvalue weighted by Gasteiger charge is -2.47. The van der Waals surface area contributed by atoms with Crippen molar-refractivity contribution >= 4 is 11.6 Å². The fourth-order valence-corrected chi connectivity index (χ4v) is 6.11. The molecule has 0 radical (unpaired) electrons. The van der Waals surface area contributed by atoms with Gasteiger partial charge in [0, 0.05) is 25.2 Å². The largest absolute Gasteiger partial charge is 0.392 e. The molecule has 1 aliphatic carbocycles. The first-order valence-electron chi connectivity index (χ1n) is 10.4. The molecule has 3 N–H and O–H groups in total. The van der Waals surface area contributed by atoms with E-state index < -0.39 is 11.5 Å². The Balaban J connectivity index is 1.47. The Labute approximate surface area is 161 Å². The maximum atomic E-state index is 13.8. The summed E-state index contributed by atoms with van der Waals surface area (Å²) >= 11 is 6.24. The van der Waals surface area contributed by atoms with Crippen molar-refractivity contribution in [1.29, 1.82) is 0 Å². The highest BCUT2D eigenvalue weighted by Gasteiger charge is 2.44. The van der Waals surface area contributed by atoms with Crippen LogP contribution in [0.4, 0.5) is 4.39 Å². The number of rotatable bonds is 3. The van der Waals surface area contributed by atoms with Gasteiger partial charge in [0.15, 0.2) is 0 Å². The molecule has 0 aromatic carbocycles. The van der Waals surface area contributed by atoms with E-state index in [-0.39, 0.29) is 12.1 Å². The van der Waals surface area contributed by atoms with E-state index in [2.05, 4.69) is 21.6 Å². The lowest BCUT2D eigenvalue weighted by molar-refractivity contribution is 0.0108. The van der Waals surface area contributed by atoms with Gasteiger partial charge in [0.2, 0.25) is 0 Å². The number of hydrogen-bond donors (Lipinski definition) is 3. The van der Waals surface area contributed by atoms with Crippen molar-refractivity contribution in [3.8, 4) is 0 Å². The molecule has 3 fully saturated rings. The van der Waals surface area contributed by atoms with Gasteiger partial charge in [-0.2, -0.15) is 0 Å². The fraction of sp³-hybridized carbons (Fsp3) is 0.900. The standard InChI is InChI=1S/C20H33ClFN3O/c1-12(26)18-10-24-19-7-5-14(11-25(18)19)15-3-2-8-23-20(15)13-4-6-17(22)16(21)9-13/h4,6,12-20,23-24,26H,2-3,5,7-11H2,1H3. The highest BCUT2D eigenvalue weighted by molar-refractivity contribution is 6.21. The van der Waals surface area contributed by atoms with E-state index in [0.717, 1.165) is 32.5 Å². The summed E-state index contributed by atoms with van der Waals surface area (Å²) in [5.74, 6) is 1.57. The molecule has 148 valence electrons. The summed E-state index contributed by atoms with van der Waals surface area (Å²) in [5, 5.41) is 17.1. The minimum absolute atomic E-state index is 0.229. The van der Waals surface area contributed by atoms with Gasteiger partial charge >= 0.3 is 0 Å². The van der Waals surface area contributed by atoms with Crippen LogP contribution in [0.3, 0.4) is 0 Å². The summed E-state index contributed by atoms with van der Waals surface area (Å²) in [6, 6.07) is 0.628. The third-order valence-electron chi connectivity index (χ3n) is 7.21. The maximum Gasteiger partial charge on any atom is 0.135 e. The van der Waals surface area contributed by atoms with Crippen molar-refractivity contribution in [3.05, 3.63) is 12.2 Å². The average Bonchev–Trinajstić information content (AvgIpc) is 3.07. The van der Waals surface area contributed by atoms with Crippen LogP contribution in [-0.2, 0) is 0 Å². The molecule has 3 heterocycles. The Hall–Kier alpha value is -0.200. The van der Waals surface area contributed by atoms with Gasteiger partial charge in [-0.15, -0.1) is 11.6 Å². The van der Waals surface area contributed by atoms with E-state index in [1.54, 1.807) is 6.08 Å². The molecule has 0 aromatic rings. The second kappa shape index (κ2) is 8.04. The van der Waals surface area contributed by atoms with Crippen molar-refractivity contribution in [2.75, 3.05) is 19.6 Å². The molecule has 3 saturated heterocycles. The van der Waals surface area contributed by atoms with E-state index in [0.29, 0.717) is 30.0 Å². The Bertz CT molecular complexity index is 519. The molecule has 26 heavy (non-hydrogen) atoms. The summed E-state index contributed by atoms with van der Waals surface area (Å²) in [7, 11) is 0. The number of hydrogen-bond acceptors (Lipinski definition) is 4. The van der Waals surface area contributed by atoms with Crippen LogP contribution in [0.1, 0.15) is 39.0 Å². The SMILES string of the molecule is CC(O)C1CNC2CCC(C3CCCNC3C3C=CC(F)C(Cl)C3)CN21. The Kier molecular flexibility index (Phi) is 5.92. The number of aliphatic hydroxyl groups is 1. The van der Waals surface area contributed by atoms with Gasteiger partial charge in [-0.05, 0) is 63.3 Å². The normalized spacial score (nSPS) is 48.3. The highest BCUT2D eigenvalue weighted by atomic mass is 35.5. The maximum absolute atomic E-state index is 13.8. The quantitative estimate of drug-likeness (QED) is 0.515. The van der Waals surface area contributed by atoms with Gasteiger partial charge in [-0.3, -0.25) is 4.90 Å². The number of piperidine rings is 2. The topological polar surface area (TPSA) is 47.5 Å². The van der Waals surface area contributed by atoms with Crippen LogP contribution in [-0.4, -0.2) is 65.5 Å². The minimum Gasteiger partial charge on any atom is -0.392 e. The van der Waals surface area contributed by atoms with Crippen LogP contribution in [0.25, 0.3) is 0 Å². The number of nitrogens with zero attached hydrogens (tertiary/aromatic N) is 1. The van der Waals surface area contributed by atoms with Gasteiger partial charge in [-0.1, -0.05) is 12.2 Å². The molecule has 4 rings (SSSR count). The second-order valence-corrected chi connectivity index (χ2v) is 9.36. The minimum atomic E-state index is -1.01. The summed E-state index contributed by atoms with van der Waals surface area (Å²) in [4.78, 5) is 2.50. The second-order valence-electron chi connectivity index (χ2n) is 8.80. The first-order valence-corrected chi connectivity index (χ1v) is 10.8. The van der Waals surface area contributed by atoms with Crippen LogP contribution >= 0.6 is 11.6 Å². The van der Waals surface area contributed by atoms with Gasteiger partial charge in [-0.25, -0.2) is 4.39 Å². The molecule has 4 nitrogen and oxygen atoms in total. The molecular weight excluding hydrogens is 353 g/mol. The Morgan fingerprint density at radius 1 is 1.23 bits per heavy atom. The predicted octanol–water partition coefficient (Wildman–Crippen LogP) is 2.27. The molecule has 9 atom stereocenters. The van der Waals surface area contributed by atoms with Crippen LogP contribution < -0.4 is 10.6 Å². The average molecular weight is 386 g/mol. The molecule has 0 bridgehead atoms. The van der Waals surface area contributed by atoms with Crippen molar-refractivity contribution in [2.45, 2.75) is 74.9 Å². The molecule has 0 saturated carbocycles. The number of aliphatic hydroxyl groups excluding tert-OH is 1. The lowest BCUT2D eigenvalue weighted by atomic mass is 9.70. The molecule has 0 spiro atoms. The number of alkyl halides is 2. The smallest absolute Gasteiger partial charge is 0.135 e. The van der Waals surface area contributed by atoms with Crippen LogP contribution in [0.15, 0.2) is 12.2 Å². The van der Waals surface area contributed by atoms with E-state index in [1.807, 2.05) is 6.92 Å². The van der Waals surface area contributed by atoms with Crippen molar-refractivity contribution in [2.24, 2.45) is 17.8 Å². The summed E-state index contributed by atoms with van der Waals surface area (Å²) in [5.41, 5.74) is 0. The van der Waals surface area contributed by atoms with Gasteiger partial charge in [0.05, 0.1) is 17.6 Å². The Morgan fingerprint density at radius 2 is 2.08 bits per heavy atom. The third-order valence-corrected chi connectivity index (χ3v) is 7.63. The number of allylic oxidation sites excluding steroid dienone is 1. The molecule has 3 aliphatic heterocycles. The zero-order valence-corrected chi connectivity index (χ0v) is 16.4. The van der Waals surface area contributed by atoms with E-state index >= 15 is 0 Å². The first kappa shape index (κ1) is 19.1. The first-order chi connectivity index (χ1) is 12.5. The molecule has 0 aromatic heterocycles. The van der Waals surface area contributed by atoms with Crippen molar-refractivity contribution in [1.82, 2.24) is 15.5 Å². The molecular formula is C20H33ClFN3O. The molecule has 0 amide bonds. The number of nitrogens with one attached hydrogen (secondary N) is 2. The van der Waals surface area contributed by atoms with Crippen LogP contribution in [0.2, 0.25) is 0 Å². The Morgan fingerprint density at radius 3 is 2.85 bits per heavy atom. The molecule has 6 heteroatoms. The predicted molar refractivity (Wildman–Crippen MR) is 103 cm³/mol. The molecule has 4 aliphatic rings. The van der Waals surface area contributed by atoms with E-state index in [1.165, 1.54) is 19.3 Å². The zero-order chi connectivity index (χ0) is 18.3. The van der Waals surface area contributed by atoms with E-state index in [9.17, 15) is 9.50 Å². The van der Waals surface area contributed by atoms with Gasteiger partial charge in [0.1, 0.15) is 6.17 Å². The number of halogens is 2. The van der Waals surface area contributed by atoms with Crippen molar-refractivity contribution in [3.63, 3.8) is 0 Å². The summed E-state index contributed by atoms with van der Waals surface area (Å²) < 4.78 is 13.8. The van der Waals surface area contributed by atoms with Gasteiger partial charge in [0.25, 0.3) is 0 Å². The summed E-state index contributed by atoms with van der Waals surface area (Å²) in [6.45, 7) is 4.90. The van der Waals surface area contributed by atoms with Crippen molar-refractivity contribution < 1.29 is 9.50 Å². The van der Waals surface area contributed by atoms with Gasteiger partial charge < -0.3 is 15.7 Å². The zero-order valence-electron chi connectivity index (χ0n) is 15.7. The van der Waals surface area contributed by atoms with E-state index in [4.69, 9.17) is 11.6 Å². The van der Waals surface area contributed by atoms with Crippen LogP contribution in [0.5, 0.6) is 0 Å².